The first kappa shape index (κ1) is 13.7. The minimum atomic E-state index is -0.283. The van der Waals surface area contributed by atoms with Gasteiger partial charge in [-0.1, -0.05) is 35.0 Å². The summed E-state index contributed by atoms with van der Waals surface area (Å²) in [6.07, 6.45) is 0. The first-order valence-electron chi connectivity index (χ1n) is 5.21. The molecule has 18 heavy (non-hydrogen) atoms. The number of halogens is 3. The average molecular weight is 302 g/mol. The second-order valence-corrected chi connectivity index (χ2v) is 5.56. The summed E-state index contributed by atoms with van der Waals surface area (Å²) in [7, 11) is 0. The third kappa shape index (κ3) is 3.18. The van der Waals surface area contributed by atoms with Crippen LogP contribution in [0.15, 0.2) is 46.2 Å². The standard InChI is InChI=1S/C13H10Cl2FNS/c14-11-3-2-10(6-12(11)15)18-13-4-1-9(16)5-8(13)7-17/h1-6H,7,17H2. The van der Waals surface area contributed by atoms with Crippen molar-refractivity contribution < 1.29 is 4.39 Å². The number of benzene rings is 2. The monoisotopic (exact) mass is 301 g/mol. The van der Waals surface area contributed by atoms with E-state index in [0.717, 1.165) is 15.4 Å². The van der Waals surface area contributed by atoms with Gasteiger partial charge in [-0.25, -0.2) is 4.39 Å². The van der Waals surface area contributed by atoms with Crippen molar-refractivity contribution in [1.82, 2.24) is 0 Å². The van der Waals surface area contributed by atoms with E-state index in [1.165, 1.54) is 23.9 Å². The topological polar surface area (TPSA) is 26.0 Å². The van der Waals surface area contributed by atoms with Crippen molar-refractivity contribution in [2.45, 2.75) is 16.3 Å². The van der Waals surface area contributed by atoms with Gasteiger partial charge in [-0.2, -0.15) is 0 Å². The highest BCUT2D eigenvalue weighted by Crippen LogP contribution is 2.34. The summed E-state index contributed by atoms with van der Waals surface area (Å²) in [6, 6.07) is 9.95. The number of hydrogen-bond acceptors (Lipinski definition) is 2. The molecule has 0 radical (unpaired) electrons. The Balaban J connectivity index is 2.30. The van der Waals surface area contributed by atoms with E-state index in [1.54, 1.807) is 18.2 Å². The highest BCUT2D eigenvalue weighted by molar-refractivity contribution is 7.99. The van der Waals surface area contributed by atoms with E-state index in [-0.39, 0.29) is 5.82 Å². The van der Waals surface area contributed by atoms with Gasteiger partial charge in [-0.05, 0) is 42.0 Å². The summed E-state index contributed by atoms with van der Waals surface area (Å²) in [5.74, 6) is -0.283. The fraction of sp³-hybridized carbons (Fsp3) is 0.0769. The van der Waals surface area contributed by atoms with Crippen LogP contribution >= 0.6 is 35.0 Å². The molecule has 0 saturated carbocycles. The van der Waals surface area contributed by atoms with Crippen LogP contribution in [-0.2, 0) is 6.54 Å². The Kier molecular flexibility index (Phi) is 4.51. The molecule has 0 amide bonds. The Hall–Kier alpha value is -0.740. The largest absolute Gasteiger partial charge is 0.326 e. The van der Waals surface area contributed by atoms with E-state index in [0.29, 0.717) is 16.6 Å². The summed E-state index contributed by atoms with van der Waals surface area (Å²) >= 11 is 13.3. The van der Waals surface area contributed by atoms with Gasteiger partial charge in [-0.3, -0.25) is 0 Å². The van der Waals surface area contributed by atoms with E-state index >= 15 is 0 Å². The zero-order valence-corrected chi connectivity index (χ0v) is 11.6. The second-order valence-electron chi connectivity index (χ2n) is 3.63. The maximum atomic E-state index is 13.1. The van der Waals surface area contributed by atoms with Gasteiger partial charge in [0.1, 0.15) is 5.82 Å². The van der Waals surface area contributed by atoms with Gasteiger partial charge in [0.25, 0.3) is 0 Å². The van der Waals surface area contributed by atoms with Crippen LogP contribution in [0.2, 0.25) is 10.0 Å². The van der Waals surface area contributed by atoms with Crippen LogP contribution in [0.3, 0.4) is 0 Å². The summed E-state index contributed by atoms with van der Waals surface area (Å²) in [5, 5.41) is 1.01. The van der Waals surface area contributed by atoms with Crippen LogP contribution in [-0.4, -0.2) is 0 Å². The van der Waals surface area contributed by atoms with Crippen LogP contribution in [0.4, 0.5) is 4.39 Å². The van der Waals surface area contributed by atoms with Gasteiger partial charge in [0.15, 0.2) is 0 Å². The number of hydrogen-bond donors (Lipinski definition) is 1. The molecule has 0 atom stereocenters. The predicted molar refractivity (Wildman–Crippen MR) is 74.9 cm³/mol. The van der Waals surface area contributed by atoms with E-state index in [2.05, 4.69) is 0 Å². The Labute approximate surface area is 119 Å². The van der Waals surface area contributed by atoms with E-state index in [9.17, 15) is 4.39 Å². The molecule has 94 valence electrons. The molecule has 0 spiro atoms. The SMILES string of the molecule is NCc1cc(F)ccc1Sc1ccc(Cl)c(Cl)c1. The summed E-state index contributed by atoms with van der Waals surface area (Å²) in [4.78, 5) is 1.85. The van der Waals surface area contributed by atoms with Crippen molar-refractivity contribution in [3.63, 3.8) is 0 Å². The minimum Gasteiger partial charge on any atom is -0.326 e. The second kappa shape index (κ2) is 5.93. The van der Waals surface area contributed by atoms with Crippen LogP contribution < -0.4 is 5.73 Å². The maximum absolute atomic E-state index is 13.1. The summed E-state index contributed by atoms with van der Waals surface area (Å²) in [5.41, 5.74) is 6.37. The molecule has 0 bridgehead atoms. The fourth-order valence-electron chi connectivity index (χ4n) is 1.47. The Morgan fingerprint density at radius 2 is 1.83 bits per heavy atom. The molecule has 0 fully saturated rings. The van der Waals surface area contributed by atoms with Gasteiger partial charge in [0, 0.05) is 16.3 Å². The van der Waals surface area contributed by atoms with Gasteiger partial charge in [0.2, 0.25) is 0 Å². The average Bonchev–Trinajstić information content (AvgIpc) is 2.36. The maximum Gasteiger partial charge on any atom is 0.123 e. The van der Waals surface area contributed by atoms with Crippen LogP contribution in [0, 0.1) is 5.82 Å². The third-order valence-corrected chi connectivity index (χ3v) is 4.21. The van der Waals surface area contributed by atoms with Crippen LogP contribution in [0.25, 0.3) is 0 Å². The highest BCUT2D eigenvalue weighted by atomic mass is 35.5. The number of rotatable bonds is 3. The zero-order chi connectivity index (χ0) is 13.1. The number of nitrogens with two attached hydrogens (primary N) is 1. The molecular formula is C13H10Cl2FNS. The Morgan fingerprint density at radius 1 is 1.06 bits per heavy atom. The molecule has 2 aromatic carbocycles. The molecule has 0 aliphatic rings. The molecule has 2 N–H and O–H groups in total. The molecule has 2 aromatic rings. The summed E-state index contributed by atoms with van der Waals surface area (Å²) < 4.78 is 13.1. The molecule has 0 aliphatic carbocycles. The van der Waals surface area contributed by atoms with E-state index < -0.39 is 0 Å². The third-order valence-electron chi connectivity index (χ3n) is 2.36. The highest BCUT2D eigenvalue weighted by Gasteiger charge is 2.06. The molecule has 2 rings (SSSR count). The van der Waals surface area contributed by atoms with Crippen molar-refractivity contribution in [3.8, 4) is 0 Å². The first-order valence-corrected chi connectivity index (χ1v) is 6.79. The minimum absolute atomic E-state index is 0.283. The van der Waals surface area contributed by atoms with Gasteiger partial charge in [0.05, 0.1) is 10.0 Å². The van der Waals surface area contributed by atoms with Crippen molar-refractivity contribution in [2.75, 3.05) is 0 Å². The Bertz CT molecular complexity index is 575. The molecule has 0 heterocycles. The first-order chi connectivity index (χ1) is 8.60. The molecule has 1 nitrogen and oxygen atoms in total. The normalized spacial score (nSPS) is 10.7. The van der Waals surface area contributed by atoms with Crippen molar-refractivity contribution in [2.24, 2.45) is 5.73 Å². The van der Waals surface area contributed by atoms with Crippen LogP contribution in [0.1, 0.15) is 5.56 Å². The smallest absolute Gasteiger partial charge is 0.123 e. The fourth-order valence-corrected chi connectivity index (χ4v) is 2.81. The van der Waals surface area contributed by atoms with Crippen molar-refractivity contribution in [3.05, 3.63) is 57.8 Å². The molecule has 5 heteroatoms. The quantitative estimate of drug-likeness (QED) is 0.886. The van der Waals surface area contributed by atoms with Gasteiger partial charge >= 0.3 is 0 Å². The molecule has 0 aromatic heterocycles. The van der Waals surface area contributed by atoms with Gasteiger partial charge in [-0.15, -0.1) is 0 Å². The molecule has 0 saturated heterocycles. The molecule has 0 unspecified atom stereocenters. The van der Waals surface area contributed by atoms with Crippen molar-refractivity contribution >= 4 is 35.0 Å². The van der Waals surface area contributed by atoms with Gasteiger partial charge < -0.3 is 5.73 Å². The summed E-state index contributed by atoms with van der Waals surface area (Å²) in [6.45, 7) is 0.293. The van der Waals surface area contributed by atoms with E-state index in [1.807, 2.05) is 6.07 Å². The van der Waals surface area contributed by atoms with Crippen molar-refractivity contribution in [1.29, 1.82) is 0 Å². The molecule has 0 aliphatic heterocycles. The van der Waals surface area contributed by atoms with Crippen LogP contribution in [0.5, 0.6) is 0 Å². The lowest BCUT2D eigenvalue weighted by Crippen LogP contribution is -1.98. The van der Waals surface area contributed by atoms with E-state index in [4.69, 9.17) is 28.9 Å². The zero-order valence-electron chi connectivity index (χ0n) is 9.29. The lowest BCUT2D eigenvalue weighted by Gasteiger charge is -2.08. The lowest BCUT2D eigenvalue weighted by molar-refractivity contribution is 0.623. The predicted octanol–water partition coefficient (Wildman–Crippen LogP) is 4.74. The Morgan fingerprint density at radius 3 is 2.50 bits per heavy atom. The molecular weight excluding hydrogens is 292 g/mol. The lowest BCUT2D eigenvalue weighted by atomic mass is 10.2.